The molecule has 0 saturated carbocycles. The van der Waals surface area contributed by atoms with Gasteiger partial charge in [-0.25, -0.2) is 4.39 Å². The van der Waals surface area contributed by atoms with Crippen LogP contribution in [-0.2, 0) is 11.3 Å². The Kier molecular flexibility index (Phi) is 7.46. The lowest BCUT2D eigenvalue weighted by molar-refractivity contribution is -0.116. The summed E-state index contributed by atoms with van der Waals surface area (Å²) in [7, 11) is 0. The lowest BCUT2D eigenvalue weighted by Gasteiger charge is -2.13. The third kappa shape index (κ3) is 5.90. The number of nitrogens with one attached hydrogen (secondary N) is 1. The maximum atomic E-state index is 13.2. The van der Waals surface area contributed by atoms with Gasteiger partial charge >= 0.3 is 0 Å². The Morgan fingerprint density at radius 2 is 1.93 bits per heavy atom. The zero-order valence-corrected chi connectivity index (χ0v) is 14.9. The molecule has 0 bridgehead atoms. The zero-order chi connectivity index (χ0) is 19.6. The van der Waals surface area contributed by atoms with Gasteiger partial charge in [0.1, 0.15) is 5.82 Å². The summed E-state index contributed by atoms with van der Waals surface area (Å²) in [6.07, 6.45) is 4.37. The Bertz CT molecular complexity index is 858. The van der Waals surface area contributed by atoms with Crippen LogP contribution in [0.4, 0.5) is 4.39 Å². The molecule has 0 fully saturated rings. The lowest BCUT2D eigenvalue weighted by atomic mass is 9.97. The van der Waals surface area contributed by atoms with Crippen molar-refractivity contribution in [2.75, 3.05) is 13.2 Å². The molecule has 0 radical (unpaired) electrons. The molecule has 5 nitrogen and oxygen atoms in total. The molecule has 2 rings (SSSR count). The summed E-state index contributed by atoms with van der Waals surface area (Å²) in [5, 5.41) is 11.5. The number of halogens is 1. The van der Waals surface area contributed by atoms with Crippen molar-refractivity contribution < 1.29 is 14.3 Å². The fraction of sp³-hybridized carbons (Fsp3) is 0.143. The number of rotatable bonds is 8. The van der Waals surface area contributed by atoms with Gasteiger partial charge in [0.25, 0.3) is 0 Å². The van der Waals surface area contributed by atoms with Gasteiger partial charge in [0.15, 0.2) is 0 Å². The maximum absolute atomic E-state index is 13.2. The number of carbonyl (C=O) groups is 1. The van der Waals surface area contributed by atoms with E-state index in [9.17, 15) is 9.18 Å². The first-order valence-electron chi connectivity index (χ1n) is 8.41. The van der Waals surface area contributed by atoms with Crippen LogP contribution in [0.5, 0.6) is 0 Å². The largest absolute Gasteiger partial charge is 0.398 e. The fourth-order valence-corrected chi connectivity index (χ4v) is 2.43. The molecule has 2 aromatic rings. The van der Waals surface area contributed by atoms with Crippen molar-refractivity contribution in [2.45, 2.75) is 6.54 Å². The third-order valence-electron chi connectivity index (χ3n) is 3.83. The fourth-order valence-electron chi connectivity index (χ4n) is 2.43. The highest BCUT2D eigenvalue weighted by Gasteiger charge is 2.09. The van der Waals surface area contributed by atoms with E-state index in [2.05, 4.69) is 16.9 Å². The number of nitrogens with two attached hydrogens (primary N) is 1. The van der Waals surface area contributed by atoms with Crippen LogP contribution in [0.25, 0.3) is 16.8 Å². The van der Waals surface area contributed by atoms with Crippen molar-refractivity contribution in [1.29, 1.82) is 0 Å². The van der Waals surface area contributed by atoms with Gasteiger partial charge in [0.05, 0.1) is 13.2 Å². The molecular formula is C21H22FN3O2. The van der Waals surface area contributed by atoms with Crippen LogP contribution in [0.2, 0.25) is 0 Å². The maximum Gasteiger partial charge on any atom is 0.243 e. The molecule has 1 amide bonds. The van der Waals surface area contributed by atoms with Gasteiger partial charge in [-0.15, -0.1) is 0 Å². The third-order valence-corrected chi connectivity index (χ3v) is 3.83. The van der Waals surface area contributed by atoms with Gasteiger partial charge in [-0.3, -0.25) is 9.79 Å². The van der Waals surface area contributed by atoms with Crippen molar-refractivity contribution >= 4 is 17.8 Å². The predicted molar refractivity (Wildman–Crippen MR) is 106 cm³/mol. The average molecular weight is 367 g/mol. The summed E-state index contributed by atoms with van der Waals surface area (Å²) in [5.74, 6) is -0.585. The van der Waals surface area contributed by atoms with E-state index < -0.39 is 0 Å². The van der Waals surface area contributed by atoms with Gasteiger partial charge in [-0.2, -0.15) is 0 Å². The standard InChI is InChI=1S/C21H22FN3O2/c1-2-21(27)25-14-17-4-3-16(15-5-7-18(22)8-6-15)13-19(17)20(23)9-10-24-11-12-26/h2-10,13,26H,1,11-12,14,23H2,(H,25,27)/b20-9-,24-10?. The minimum absolute atomic E-state index is 0.0386. The van der Waals surface area contributed by atoms with Crippen molar-refractivity contribution in [2.24, 2.45) is 10.7 Å². The van der Waals surface area contributed by atoms with Crippen LogP contribution in [0.1, 0.15) is 11.1 Å². The number of nitrogens with zero attached hydrogens (tertiary/aromatic N) is 1. The van der Waals surface area contributed by atoms with Crippen LogP contribution in [0.15, 0.2) is 66.2 Å². The van der Waals surface area contributed by atoms with E-state index in [1.807, 2.05) is 18.2 Å². The lowest BCUT2D eigenvalue weighted by Crippen LogP contribution is -2.21. The Morgan fingerprint density at radius 1 is 1.22 bits per heavy atom. The molecule has 0 aliphatic rings. The monoisotopic (exact) mass is 367 g/mol. The minimum atomic E-state index is -0.303. The van der Waals surface area contributed by atoms with Gasteiger partial charge < -0.3 is 16.2 Å². The van der Waals surface area contributed by atoms with E-state index in [0.717, 1.165) is 22.3 Å². The summed E-state index contributed by atoms with van der Waals surface area (Å²) in [6, 6.07) is 11.8. The molecule has 0 unspecified atom stereocenters. The van der Waals surface area contributed by atoms with E-state index in [1.165, 1.54) is 24.4 Å². The molecule has 0 aliphatic carbocycles. The molecule has 6 heteroatoms. The molecule has 0 aromatic heterocycles. The molecular weight excluding hydrogens is 345 g/mol. The summed E-state index contributed by atoms with van der Waals surface area (Å²) in [6.45, 7) is 3.97. The van der Waals surface area contributed by atoms with Gasteiger partial charge in [-0.1, -0.05) is 30.8 Å². The number of aliphatic hydroxyl groups excluding tert-OH is 1. The zero-order valence-electron chi connectivity index (χ0n) is 14.9. The van der Waals surface area contributed by atoms with Crippen LogP contribution < -0.4 is 11.1 Å². The highest BCUT2D eigenvalue weighted by molar-refractivity contribution is 5.87. The van der Waals surface area contributed by atoms with Crippen molar-refractivity contribution in [3.63, 3.8) is 0 Å². The number of carbonyl (C=O) groups excluding carboxylic acids is 1. The molecule has 27 heavy (non-hydrogen) atoms. The average Bonchev–Trinajstić information content (AvgIpc) is 2.69. The van der Waals surface area contributed by atoms with Crippen molar-refractivity contribution in [3.05, 3.63) is 78.1 Å². The Balaban J connectivity index is 2.39. The summed E-state index contributed by atoms with van der Waals surface area (Å²) >= 11 is 0. The first kappa shape index (κ1) is 20.1. The Morgan fingerprint density at radius 3 is 2.59 bits per heavy atom. The number of hydrogen-bond acceptors (Lipinski definition) is 4. The van der Waals surface area contributed by atoms with E-state index >= 15 is 0 Å². The molecule has 0 spiro atoms. The summed E-state index contributed by atoms with van der Waals surface area (Å²) in [5.41, 5.74) is 9.93. The smallest absolute Gasteiger partial charge is 0.243 e. The summed E-state index contributed by atoms with van der Waals surface area (Å²) in [4.78, 5) is 15.5. The van der Waals surface area contributed by atoms with Crippen LogP contribution in [-0.4, -0.2) is 30.4 Å². The van der Waals surface area contributed by atoms with E-state index in [4.69, 9.17) is 10.8 Å². The van der Waals surface area contributed by atoms with E-state index in [-0.39, 0.29) is 24.9 Å². The van der Waals surface area contributed by atoms with Gasteiger partial charge in [-0.05, 0) is 47.0 Å². The van der Waals surface area contributed by atoms with Crippen LogP contribution in [0, 0.1) is 5.82 Å². The molecule has 0 saturated heterocycles. The first-order valence-corrected chi connectivity index (χ1v) is 8.41. The van der Waals surface area contributed by atoms with Crippen LogP contribution >= 0.6 is 0 Å². The predicted octanol–water partition coefficient (Wildman–Crippen LogP) is 2.66. The number of amides is 1. The van der Waals surface area contributed by atoms with Crippen LogP contribution in [0.3, 0.4) is 0 Å². The highest BCUT2D eigenvalue weighted by atomic mass is 19.1. The molecule has 0 atom stereocenters. The van der Waals surface area contributed by atoms with Gasteiger partial charge in [0, 0.05) is 24.0 Å². The Hall–Kier alpha value is -3.25. The highest BCUT2D eigenvalue weighted by Crippen LogP contribution is 2.25. The molecule has 0 aliphatic heterocycles. The number of aliphatic hydroxyl groups is 1. The second-order valence-electron chi connectivity index (χ2n) is 5.70. The molecule has 0 heterocycles. The topological polar surface area (TPSA) is 87.7 Å². The molecule has 2 aromatic carbocycles. The van der Waals surface area contributed by atoms with E-state index in [0.29, 0.717) is 12.2 Å². The second kappa shape index (κ2) is 10.0. The number of benzene rings is 2. The first-order chi connectivity index (χ1) is 13.0. The summed E-state index contributed by atoms with van der Waals surface area (Å²) < 4.78 is 13.2. The Labute approximate surface area is 157 Å². The van der Waals surface area contributed by atoms with Crippen molar-refractivity contribution in [1.82, 2.24) is 5.32 Å². The number of aliphatic imine (C=N–C) groups is 1. The number of hydrogen-bond donors (Lipinski definition) is 3. The number of allylic oxidation sites excluding steroid dienone is 1. The van der Waals surface area contributed by atoms with Crippen molar-refractivity contribution in [3.8, 4) is 11.1 Å². The van der Waals surface area contributed by atoms with E-state index in [1.54, 1.807) is 18.2 Å². The quantitative estimate of drug-likeness (QED) is 0.495. The minimum Gasteiger partial charge on any atom is -0.398 e. The molecule has 4 N–H and O–H groups in total. The second-order valence-corrected chi connectivity index (χ2v) is 5.70. The van der Waals surface area contributed by atoms with Gasteiger partial charge in [0.2, 0.25) is 5.91 Å². The normalized spacial score (nSPS) is 11.6. The molecule has 140 valence electrons. The SMILES string of the molecule is C=CC(=O)NCc1ccc(-c2ccc(F)cc2)cc1/C(N)=C/C=NCCO.